The Labute approximate surface area is 167 Å². The van der Waals surface area contributed by atoms with E-state index in [0.29, 0.717) is 6.42 Å². The van der Waals surface area contributed by atoms with Crippen LogP contribution in [0, 0.1) is 0 Å². The highest BCUT2D eigenvalue weighted by Crippen LogP contribution is 2.19. The molecular formula is C21H20N4O4. The fourth-order valence-corrected chi connectivity index (χ4v) is 2.90. The summed E-state index contributed by atoms with van der Waals surface area (Å²) in [4.78, 5) is 29.5. The molecule has 0 saturated heterocycles. The van der Waals surface area contributed by atoms with Crippen LogP contribution in [0.2, 0.25) is 0 Å². The number of hydrogen-bond acceptors (Lipinski definition) is 4. The largest absolute Gasteiger partial charge is 0.460 e. The molecule has 148 valence electrons. The number of benzene rings is 2. The minimum absolute atomic E-state index is 0.103. The molecule has 2 rings (SSSR count). The van der Waals surface area contributed by atoms with Gasteiger partial charge in [-0.25, -0.2) is 9.59 Å². The summed E-state index contributed by atoms with van der Waals surface area (Å²) < 4.78 is 9.26. The molecule has 0 amide bonds. The van der Waals surface area contributed by atoms with Crippen molar-refractivity contribution in [1.82, 2.24) is 0 Å². The normalized spacial score (nSPS) is 9.72. The zero-order valence-corrected chi connectivity index (χ0v) is 16.2. The fourth-order valence-electron chi connectivity index (χ4n) is 2.90. The van der Waals surface area contributed by atoms with Crippen LogP contribution in [-0.4, -0.2) is 47.2 Å². The molecular weight excluding hydrogens is 372 g/mol. The van der Waals surface area contributed by atoms with Gasteiger partial charge in [0, 0.05) is 0 Å². The van der Waals surface area contributed by atoms with Crippen molar-refractivity contribution in [3.63, 3.8) is 0 Å². The number of carbonyl (C=O) groups excluding carboxylic acids is 2. The Hall–Kier alpha value is -3.86. The van der Waals surface area contributed by atoms with Crippen LogP contribution in [0.25, 0.3) is 11.1 Å². The van der Waals surface area contributed by atoms with Gasteiger partial charge in [0.1, 0.15) is 0 Å². The van der Waals surface area contributed by atoms with E-state index in [0.717, 1.165) is 22.3 Å². The van der Waals surface area contributed by atoms with E-state index >= 15 is 0 Å². The van der Waals surface area contributed by atoms with Crippen molar-refractivity contribution in [2.75, 3.05) is 14.2 Å². The van der Waals surface area contributed by atoms with Crippen LogP contribution in [0.5, 0.6) is 0 Å². The maximum absolute atomic E-state index is 11.7. The summed E-state index contributed by atoms with van der Waals surface area (Å²) in [5, 5.41) is 0. The third-order valence-electron chi connectivity index (χ3n) is 4.42. The van der Waals surface area contributed by atoms with Gasteiger partial charge in [-0.05, 0) is 28.7 Å². The topological polar surface area (TPSA) is 125 Å². The first-order valence-corrected chi connectivity index (χ1v) is 8.76. The van der Waals surface area contributed by atoms with Crippen molar-refractivity contribution < 1.29 is 28.6 Å². The first-order chi connectivity index (χ1) is 14.0. The summed E-state index contributed by atoms with van der Waals surface area (Å²) >= 11 is 0. The highest BCUT2D eigenvalue weighted by Gasteiger charge is 2.24. The third-order valence-corrected chi connectivity index (χ3v) is 4.42. The van der Waals surface area contributed by atoms with Gasteiger partial charge in [-0.2, -0.15) is 9.58 Å². The Morgan fingerprint density at radius 3 is 1.38 bits per heavy atom. The molecule has 0 N–H and O–H groups in total. The van der Waals surface area contributed by atoms with Crippen LogP contribution >= 0.6 is 0 Å². The molecule has 0 atom stereocenters. The van der Waals surface area contributed by atoms with Gasteiger partial charge in [0.25, 0.3) is 0 Å². The molecule has 0 bridgehead atoms. The second-order valence-corrected chi connectivity index (χ2v) is 6.14. The highest BCUT2D eigenvalue weighted by molar-refractivity contribution is 6.34. The van der Waals surface area contributed by atoms with Crippen LogP contribution in [0.15, 0.2) is 48.5 Å². The molecule has 0 fully saturated rings. The van der Waals surface area contributed by atoms with E-state index in [9.17, 15) is 9.59 Å². The van der Waals surface area contributed by atoms with Crippen LogP contribution < -0.4 is 0 Å². The predicted molar refractivity (Wildman–Crippen MR) is 104 cm³/mol. The lowest BCUT2D eigenvalue weighted by Crippen LogP contribution is -2.21. The van der Waals surface area contributed by atoms with Crippen LogP contribution in [0.3, 0.4) is 0 Å². The lowest BCUT2D eigenvalue weighted by molar-refractivity contribution is -0.138. The van der Waals surface area contributed by atoms with Gasteiger partial charge in [-0.1, -0.05) is 48.5 Å². The van der Waals surface area contributed by atoms with Gasteiger partial charge < -0.3 is 20.5 Å². The van der Waals surface area contributed by atoms with E-state index in [-0.39, 0.29) is 24.3 Å². The molecule has 2 aromatic carbocycles. The number of esters is 2. The molecule has 0 aliphatic rings. The van der Waals surface area contributed by atoms with E-state index in [2.05, 4.69) is 19.1 Å². The maximum Gasteiger partial charge on any atom is 0.416 e. The summed E-state index contributed by atoms with van der Waals surface area (Å²) in [6, 6.07) is 14.9. The molecule has 0 radical (unpaired) electrons. The quantitative estimate of drug-likeness (QED) is 0.295. The molecule has 0 aliphatic heterocycles. The Balaban J connectivity index is 2.34. The van der Waals surface area contributed by atoms with Crippen molar-refractivity contribution >= 4 is 23.4 Å². The molecule has 8 heteroatoms. The number of rotatable bonds is 8. The second-order valence-electron chi connectivity index (χ2n) is 6.14. The number of hydrogen-bond donors (Lipinski definition) is 0. The molecule has 0 heterocycles. The average Bonchev–Trinajstić information content (AvgIpc) is 2.76. The Morgan fingerprint density at radius 2 is 1.07 bits per heavy atom. The molecule has 0 unspecified atom stereocenters. The van der Waals surface area contributed by atoms with E-state index in [1.807, 2.05) is 48.5 Å². The average molecular weight is 392 g/mol. The van der Waals surface area contributed by atoms with Crippen LogP contribution in [0.4, 0.5) is 0 Å². The van der Waals surface area contributed by atoms with Crippen LogP contribution in [0.1, 0.15) is 22.3 Å². The maximum atomic E-state index is 11.7. The van der Waals surface area contributed by atoms with Crippen molar-refractivity contribution in [2.24, 2.45) is 0 Å². The van der Waals surface area contributed by atoms with E-state index < -0.39 is 11.9 Å². The minimum Gasteiger partial charge on any atom is -0.460 e. The number of ether oxygens (including phenoxy) is 2. The van der Waals surface area contributed by atoms with Crippen LogP contribution in [-0.2, 0) is 38.3 Å². The lowest BCUT2D eigenvalue weighted by Gasteiger charge is -2.11. The lowest BCUT2D eigenvalue weighted by atomic mass is 9.92. The van der Waals surface area contributed by atoms with Gasteiger partial charge in [0.15, 0.2) is 0 Å². The monoisotopic (exact) mass is 392 g/mol. The van der Waals surface area contributed by atoms with Crippen molar-refractivity contribution in [3.8, 4) is 0 Å². The first kappa shape index (κ1) is 21.4. The molecule has 8 nitrogen and oxygen atoms in total. The fraction of sp³-hybridized carbons (Fsp3) is 0.238. The summed E-state index contributed by atoms with van der Waals surface area (Å²) in [6.07, 6.45) is 0.701. The summed E-state index contributed by atoms with van der Waals surface area (Å²) in [7, 11) is 2.44. The molecule has 0 spiro atoms. The predicted octanol–water partition coefficient (Wildman–Crippen LogP) is 2.05. The van der Waals surface area contributed by atoms with Crippen molar-refractivity contribution in [2.45, 2.75) is 19.3 Å². The molecule has 0 aromatic heterocycles. The van der Waals surface area contributed by atoms with E-state index in [1.165, 1.54) is 14.2 Å². The van der Waals surface area contributed by atoms with Gasteiger partial charge in [0.05, 0.1) is 27.1 Å². The van der Waals surface area contributed by atoms with E-state index in [4.69, 9.17) is 11.1 Å². The van der Waals surface area contributed by atoms with Gasteiger partial charge >= 0.3 is 23.4 Å². The summed E-state index contributed by atoms with van der Waals surface area (Å²) in [5.41, 5.74) is 21.4. The van der Waals surface area contributed by atoms with Gasteiger partial charge in [0.2, 0.25) is 0 Å². The minimum atomic E-state index is -0.704. The molecule has 0 aliphatic carbocycles. The zero-order chi connectivity index (χ0) is 21.2. The zero-order valence-electron chi connectivity index (χ0n) is 16.2. The number of nitrogens with zero attached hydrogens (tertiary/aromatic N) is 4. The summed E-state index contributed by atoms with van der Waals surface area (Å²) in [5.74, 6) is -1.41. The highest BCUT2D eigenvalue weighted by atomic mass is 16.5. The summed E-state index contributed by atoms with van der Waals surface area (Å²) in [6.45, 7) is 0. The smallest absolute Gasteiger partial charge is 0.416 e. The first-order valence-electron chi connectivity index (χ1n) is 8.76. The van der Waals surface area contributed by atoms with E-state index in [1.54, 1.807) is 0 Å². The Bertz CT molecular complexity index is 937. The SMILES string of the molecule is COC(=O)C(Cc1ccccc1Cc1ccccc1CC(=[N+]=[N-])C(=O)OC)=[N+]=[N-]. The third kappa shape index (κ3) is 5.56. The molecule has 0 saturated carbocycles. The number of methoxy groups -OCH3 is 2. The van der Waals surface area contributed by atoms with Gasteiger partial charge in [-0.15, -0.1) is 0 Å². The van der Waals surface area contributed by atoms with Crippen molar-refractivity contribution in [1.29, 1.82) is 0 Å². The molecule has 2 aromatic rings. The Morgan fingerprint density at radius 1 is 0.724 bits per heavy atom. The van der Waals surface area contributed by atoms with Crippen molar-refractivity contribution in [3.05, 3.63) is 81.8 Å². The molecule has 29 heavy (non-hydrogen) atoms. The van der Waals surface area contributed by atoms with Gasteiger partial charge in [-0.3, -0.25) is 0 Å². The Kier molecular flexibility index (Phi) is 7.74. The second kappa shape index (κ2) is 10.5. The number of carbonyl (C=O) groups is 2. The standard InChI is InChI=1S/C21H20N4O4/c1-28-20(26)18(24-22)12-16-9-5-3-7-14(16)11-15-8-4-6-10-17(15)13-19(25-23)21(27)29-2/h3-10H,11-13H2,1-2H3.